The molecule has 0 bridgehead atoms. The number of aliphatic hydroxyl groups excluding tert-OH is 4. The number of nitrogens with two attached hydrogens (primary N) is 1. The van der Waals surface area contributed by atoms with Gasteiger partial charge in [0.2, 0.25) is 0 Å². The fourth-order valence-corrected chi connectivity index (χ4v) is 20.3. The van der Waals surface area contributed by atoms with Gasteiger partial charge in [0.05, 0.1) is 44.2 Å². The second kappa shape index (κ2) is 122. The molecule has 0 heterocycles. The van der Waals surface area contributed by atoms with E-state index in [1.165, 1.54) is 462 Å². The van der Waals surface area contributed by atoms with E-state index in [-0.39, 0.29) is 24.0 Å². The number of esters is 3. The van der Waals surface area contributed by atoms with Crippen LogP contribution in [0.3, 0.4) is 0 Å². The van der Waals surface area contributed by atoms with Crippen LogP contribution in [0.1, 0.15) is 633 Å². The third-order valence-electron chi connectivity index (χ3n) is 29.8. The van der Waals surface area contributed by atoms with Gasteiger partial charge < -0.3 is 70.6 Å². The summed E-state index contributed by atoms with van der Waals surface area (Å²) in [5.74, 6) is -0.257. The maximum Gasteiger partial charge on any atom is 0.305 e. The van der Waals surface area contributed by atoms with Crippen molar-refractivity contribution in [1.29, 1.82) is 0 Å². The van der Waals surface area contributed by atoms with E-state index in [0.717, 1.165) is 162 Å². The Morgan fingerprint density at radius 1 is 0.204 bits per heavy atom. The summed E-state index contributed by atoms with van der Waals surface area (Å²) in [6.07, 6.45) is 112. The monoisotopic (exact) mass is 2010 g/mol. The normalized spacial score (nSPS) is 12.7. The topological polar surface area (TPSA) is 223 Å². The minimum absolute atomic E-state index is 0.0553. The zero-order chi connectivity index (χ0) is 103. The van der Waals surface area contributed by atoms with Crippen molar-refractivity contribution in [3.8, 4) is 0 Å². The number of rotatable bonds is 122. The maximum absolute atomic E-state index is 12.4. The first-order valence-corrected chi connectivity index (χ1v) is 64.0. The lowest BCUT2D eigenvalue weighted by molar-refractivity contribution is -0.144. The van der Waals surface area contributed by atoms with Gasteiger partial charge in [0.15, 0.2) is 0 Å². The number of nitrogens with zero attached hydrogens (tertiary/aromatic N) is 4. The molecule has 17 heteroatoms. The van der Waals surface area contributed by atoms with E-state index in [4.69, 9.17) is 19.9 Å². The van der Waals surface area contributed by atoms with Gasteiger partial charge in [-0.25, -0.2) is 0 Å². The number of unbranched alkanes of at least 4 members (excludes halogenated alkanes) is 75. The van der Waals surface area contributed by atoms with Gasteiger partial charge in [-0.1, -0.05) is 517 Å². The van der Waals surface area contributed by atoms with E-state index < -0.39 is 18.3 Å². The Balaban J connectivity index is 0. The largest absolute Gasteiger partial charge is 0.466 e. The molecule has 8 N–H and O–H groups in total. The number of nitrogens with one attached hydrogen (secondary N) is 2. The average molecular weight is 2020 g/mol. The lowest BCUT2D eigenvalue weighted by Gasteiger charge is -2.27. The molecule has 0 saturated carbocycles. The van der Waals surface area contributed by atoms with Crippen LogP contribution in [-0.2, 0) is 28.6 Å². The van der Waals surface area contributed by atoms with E-state index in [1.807, 2.05) is 0 Å². The van der Waals surface area contributed by atoms with E-state index >= 15 is 0 Å². The van der Waals surface area contributed by atoms with Crippen LogP contribution in [0.4, 0.5) is 0 Å². The lowest BCUT2D eigenvalue weighted by Crippen LogP contribution is -2.40. The number of hydrogen-bond acceptors (Lipinski definition) is 17. The Hall–Kier alpha value is -2.03. The highest BCUT2D eigenvalue weighted by Gasteiger charge is 2.19. The summed E-state index contributed by atoms with van der Waals surface area (Å²) < 4.78 is 16.6. The van der Waals surface area contributed by atoms with Crippen molar-refractivity contribution in [2.45, 2.75) is 657 Å². The van der Waals surface area contributed by atoms with Crippen LogP contribution in [0.5, 0.6) is 0 Å². The summed E-state index contributed by atoms with van der Waals surface area (Å²) in [7, 11) is 0. The molecule has 0 fully saturated rings. The van der Waals surface area contributed by atoms with Gasteiger partial charge in [-0.2, -0.15) is 0 Å². The van der Waals surface area contributed by atoms with Crippen LogP contribution < -0.4 is 16.4 Å². The molecule has 0 rings (SSSR count). The molecule has 0 aliphatic heterocycles. The Morgan fingerprint density at radius 3 is 0.570 bits per heavy atom. The number of hydrogen-bond donors (Lipinski definition) is 7. The third-order valence-corrected chi connectivity index (χ3v) is 29.8. The standard InChI is InChI=1S/C70H142N4O6.C55H113N3O4/c1-5-9-13-17-21-25-29-31-33-37-41-45-57-73(65-67(75)63-71-55-51-53-69(77)79-61-49-43-39-35-27-23-19-15-11-7-3)59-47-48-60-74(58-46-42-38-34-32-30-26-22-18-14-10-6-2)66-68(76)64-72-56-52-54-70(78)80-62-50-44-40-36-28-24-20-16-12-8-4;1-4-7-10-13-16-19-22-24-26-29-32-38-45-57(51-53(59)43-36-35-37-44-55(61)62-49-42-34-31-28-21-18-15-12-9-6-3)47-40-41-48-58(52-54(60)50-56)46-39-33-30-27-25-23-20-17-14-11-8-5-2/h67-68,71-72,75-76H,5-66H2,1-4H3;53-54,59-60H,4-52,56H2,1-3H3. The molecular formula is C125H255N7O10. The van der Waals surface area contributed by atoms with Crippen molar-refractivity contribution in [3.05, 3.63) is 0 Å². The number of carbonyl (C=O) groups is 3. The quantitative estimate of drug-likeness (QED) is 0.0171. The Bertz CT molecular complexity index is 2300. The highest BCUT2D eigenvalue weighted by atomic mass is 16.5. The van der Waals surface area contributed by atoms with E-state index in [2.05, 4.69) is 78.7 Å². The second-order valence-electron chi connectivity index (χ2n) is 44.4. The van der Waals surface area contributed by atoms with Crippen molar-refractivity contribution < 1.29 is 49.0 Å². The Labute approximate surface area is 885 Å². The molecular weight excluding hydrogens is 1760 g/mol. The van der Waals surface area contributed by atoms with Crippen molar-refractivity contribution in [2.75, 3.05) is 131 Å². The number of ether oxygens (including phenoxy) is 3. The zero-order valence-corrected chi connectivity index (χ0v) is 96.9. The summed E-state index contributed by atoms with van der Waals surface area (Å²) in [5.41, 5.74) is 5.83. The zero-order valence-electron chi connectivity index (χ0n) is 96.9. The molecule has 142 heavy (non-hydrogen) atoms. The van der Waals surface area contributed by atoms with Crippen molar-refractivity contribution in [2.24, 2.45) is 5.73 Å². The molecule has 0 aromatic heterocycles. The molecule has 17 nitrogen and oxygen atoms in total. The molecule has 4 unspecified atom stereocenters. The van der Waals surface area contributed by atoms with Crippen LogP contribution in [0, 0.1) is 0 Å². The molecule has 0 saturated heterocycles. The fraction of sp³-hybridized carbons (Fsp3) is 0.976. The van der Waals surface area contributed by atoms with Crippen molar-refractivity contribution >= 4 is 17.9 Å². The van der Waals surface area contributed by atoms with Crippen molar-refractivity contribution in [1.82, 2.24) is 30.2 Å². The smallest absolute Gasteiger partial charge is 0.305 e. The van der Waals surface area contributed by atoms with Gasteiger partial charge in [-0.3, -0.25) is 14.4 Å². The van der Waals surface area contributed by atoms with E-state index in [0.29, 0.717) is 91.4 Å². The van der Waals surface area contributed by atoms with Crippen LogP contribution >= 0.6 is 0 Å². The molecule has 0 aromatic carbocycles. The molecule has 0 spiro atoms. The molecule has 0 aromatic rings. The van der Waals surface area contributed by atoms with Gasteiger partial charge >= 0.3 is 17.9 Å². The number of carbonyl (C=O) groups excluding carboxylic acids is 3. The second-order valence-corrected chi connectivity index (χ2v) is 44.4. The molecule has 850 valence electrons. The minimum atomic E-state index is -0.458. The predicted molar refractivity (Wildman–Crippen MR) is 617 cm³/mol. The molecule has 0 aliphatic rings. The van der Waals surface area contributed by atoms with Gasteiger partial charge in [0.1, 0.15) is 0 Å². The lowest BCUT2D eigenvalue weighted by atomic mass is 10.0. The molecule has 0 radical (unpaired) electrons. The first kappa shape index (κ1) is 142. The van der Waals surface area contributed by atoms with E-state index in [1.54, 1.807) is 0 Å². The van der Waals surface area contributed by atoms with Gasteiger partial charge in [0, 0.05) is 65.1 Å². The SMILES string of the molecule is CCCCCCCCCCCCCCN(CCCCN(CCCCCCCCCCCCCC)CC(O)CCCCCC(=O)OCCCCCCCCCCCC)CC(O)CN.CCCCCCCCCCCCCCN(CCCCN(CCCCCCCCCCCCCC)CC(O)CNCCCC(=O)OCCCCCCCCCCCC)CC(O)CNCCCC(=O)OCCCCCCCCCCCC. The fourth-order valence-electron chi connectivity index (χ4n) is 20.3. The first-order chi connectivity index (χ1) is 69.8. The van der Waals surface area contributed by atoms with Gasteiger partial charge in [-0.15, -0.1) is 0 Å². The summed E-state index contributed by atoms with van der Waals surface area (Å²) in [6, 6.07) is 0. The van der Waals surface area contributed by atoms with E-state index in [9.17, 15) is 34.8 Å². The Morgan fingerprint density at radius 2 is 0.366 bits per heavy atom. The van der Waals surface area contributed by atoms with Crippen LogP contribution in [0.15, 0.2) is 0 Å². The molecule has 4 atom stereocenters. The van der Waals surface area contributed by atoms with Gasteiger partial charge in [0.25, 0.3) is 0 Å². The molecule has 0 amide bonds. The minimum Gasteiger partial charge on any atom is -0.466 e. The predicted octanol–water partition coefficient (Wildman–Crippen LogP) is 33.0. The highest BCUT2D eigenvalue weighted by molar-refractivity contribution is 5.70. The summed E-state index contributed by atoms with van der Waals surface area (Å²) in [4.78, 5) is 47.0. The summed E-state index contributed by atoms with van der Waals surface area (Å²) in [5, 5.41) is 50.9. The molecule has 0 aliphatic carbocycles. The van der Waals surface area contributed by atoms with Crippen molar-refractivity contribution in [3.63, 3.8) is 0 Å². The number of aliphatic hydroxyl groups is 4. The highest BCUT2D eigenvalue weighted by Crippen LogP contribution is 2.22. The maximum atomic E-state index is 12.4. The Kier molecular flexibility index (Phi) is 122. The summed E-state index contributed by atoms with van der Waals surface area (Å²) in [6.45, 7) is 31.2. The van der Waals surface area contributed by atoms with Crippen LogP contribution in [-0.4, -0.2) is 213 Å². The first-order valence-electron chi connectivity index (χ1n) is 64.0. The van der Waals surface area contributed by atoms with Crippen LogP contribution in [0.2, 0.25) is 0 Å². The summed E-state index contributed by atoms with van der Waals surface area (Å²) >= 11 is 0. The average Bonchev–Trinajstić information content (AvgIpc) is 0.947. The van der Waals surface area contributed by atoms with Gasteiger partial charge in [-0.05, 0) is 162 Å². The van der Waals surface area contributed by atoms with Crippen LogP contribution in [0.25, 0.3) is 0 Å². The third kappa shape index (κ3) is 117.